The van der Waals surface area contributed by atoms with Gasteiger partial charge in [0, 0.05) is 14.1 Å². The Balaban J connectivity index is 0.00000256. The highest BCUT2D eigenvalue weighted by molar-refractivity contribution is 6.28. The van der Waals surface area contributed by atoms with Crippen LogP contribution in [0.25, 0.3) is 0 Å². The molecule has 0 aliphatic carbocycles. The maximum absolute atomic E-state index is 11.8. The van der Waals surface area contributed by atoms with Crippen LogP contribution < -0.4 is 5.32 Å². The summed E-state index contributed by atoms with van der Waals surface area (Å²) in [6.07, 6.45) is 0. The normalized spacial score (nSPS) is 10.9. The summed E-state index contributed by atoms with van der Waals surface area (Å²) in [4.78, 5) is 13.4. The predicted octanol–water partition coefficient (Wildman–Crippen LogP) is 2.31. The number of furan rings is 1. The summed E-state index contributed by atoms with van der Waals surface area (Å²) in [6, 6.07) is 3.46. The van der Waals surface area contributed by atoms with Gasteiger partial charge in [0.25, 0.3) is 0 Å². The van der Waals surface area contributed by atoms with Crippen molar-refractivity contribution in [2.75, 3.05) is 14.1 Å². The number of carbonyl (C=O) groups is 1. The largest absolute Gasteiger partial charge is 0.448 e. The van der Waals surface area contributed by atoms with Crippen LogP contribution in [0.4, 0.5) is 0 Å². The predicted molar refractivity (Wildman–Crippen MR) is 70.6 cm³/mol. The Morgan fingerprint density at radius 3 is 2.47 bits per heavy atom. The molecular weight excluding hydrogens is 263 g/mol. The van der Waals surface area contributed by atoms with Gasteiger partial charge in [0.1, 0.15) is 5.76 Å². The lowest BCUT2D eigenvalue weighted by atomic mass is 10.0. The van der Waals surface area contributed by atoms with Crippen molar-refractivity contribution in [3.05, 3.63) is 23.1 Å². The SMILES string of the molecule is CN(C)C(=O)C(C)(C)NCc1ccc(Cl)o1.Cl. The van der Waals surface area contributed by atoms with Crippen molar-refractivity contribution in [2.24, 2.45) is 0 Å². The van der Waals surface area contributed by atoms with Gasteiger partial charge in [0.2, 0.25) is 5.91 Å². The van der Waals surface area contributed by atoms with Crippen LogP contribution in [0.15, 0.2) is 16.5 Å². The first-order chi connectivity index (χ1) is 7.33. The molecule has 1 heterocycles. The van der Waals surface area contributed by atoms with Crippen molar-refractivity contribution in [3.8, 4) is 0 Å². The Morgan fingerprint density at radius 2 is 2.06 bits per heavy atom. The third-order valence-electron chi connectivity index (χ3n) is 2.27. The highest BCUT2D eigenvalue weighted by Gasteiger charge is 2.28. The van der Waals surface area contributed by atoms with E-state index >= 15 is 0 Å². The average molecular weight is 281 g/mol. The topological polar surface area (TPSA) is 45.5 Å². The van der Waals surface area contributed by atoms with Gasteiger partial charge in [-0.1, -0.05) is 0 Å². The van der Waals surface area contributed by atoms with Crippen molar-refractivity contribution in [1.29, 1.82) is 0 Å². The monoisotopic (exact) mass is 280 g/mol. The maximum Gasteiger partial charge on any atom is 0.241 e. The number of halogens is 2. The molecule has 1 amide bonds. The van der Waals surface area contributed by atoms with Gasteiger partial charge in [-0.3, -0.25) is 10.1 Å². The van der Waals surface area contributed by atoms with Crippen molar-refractivity contribution in [2.45, 2.75) is 25.9 Å². The molecular formula is C11H18Cl2N2O2. The van der Waals surface area contributed by atoms with E-state index in [1.54, 1.807) is 31.1 Å². The maximum atomic E-state index is 11.8. The molecule has 0 fully saturated rings. The van der Waals surface area contributed by atoms with E-state index in [2.05, 4.69) is 5.32 Å². The van der Waals surface area contributed by atoms with Crippen molar-refractivity contribution in [3.63, 3.8) is 0 Å². The van der Waals surface area contributed by atoms with Gasteiger partial charge < -0.3 is 9.32 Å². The Morgan fingerprint density at radius 1 is 1.47 bits per heavy atom. The second-order valence-corrected chi connectivity index (χ2v) is 4.76. The lowest BCUT2D eigenvalue weighted by Crippen LogP contribution is -2.51. The van der Waals surface area contributed by atoms with Crippen molar-refractivity contribution >= 4 is 29.9 Å². The molecule has 0 bridgehead atoms. The Bertz CT molecular complexity index is 375. The molecule has 0 aliphatic rings. The van der Waals surface area contributed by atoms with Crippen LogP contribution in [0, 0.1) is 0 Å². The van der Waals surface area contributed by atoms with Crippen molar-refractivity contribution in [1.82, 2.24) is 10.2 Å². The molecule has 0 unspecified atom stereocenters. The molecule has 0 aliphatic heterocycles. The van der Waals surface area contributed by atoms with Crippen LogP contribution in [-0.2, 0) is 11.3 Å². The fourth-order valence-electron chi connectivity index (χ4n) is 1.39. The molecule has 0 saturated heterocycles. The molecule has 1 rings (SSSR count). The molecule has 1 N–H and O–H groups in total. The summed E-state index contributed by atoms with van der Waals surface area (Å²) in [6.45, 7) is 4.14. The van der Waals surface area contributed by atoms with Gasteiger partial charge in [-0.25, -0.2) is 0 Å². The molecule has 17 heavy (non-hydrogen) atoms. The third-order valence-corrected chi connectivity index (χ3v) is 2.48. The van der Waals surface area contributed by atoms with Crippen LogP contribution in [0.5, 0.6) is 0 Å². The standard InChI is InChI=1S/C11H17ClN2O2.ClH/c1-11(2,10(15)14(3)4)13-7-8-5-6-9(12)16-8;/h5-6,13H,7H2,1-4H3;1H. The van der Waals surface area contributed by atoms with E-state index in [9.17, 15) is 4.79 Å². The third kappa shape index (κ3) is 4.58. The highest BCUT2D eigenvalue weighted by atomic mass is 35.5. The number of nitrogens with one attached hydrogen (secondary N) is 1. The second kappa shape index (κ2) is 6.28. The first-order valence-electron chi connectivity index (χ1n) is 5.04. The smallest absolute Gasteiger partial charge is 0.241 e. The van der Waals surface area contributed by atoms with Crippen LogP contribution in [0.1, 0.15) is 19.6 Å². The zero-order valence-corrected chi connectivity index (χ0v) is 12.0. The van der Waals surface area contributed by atoms with Crippen LogP contribution in [0.3, 0.4) is 0 Å². The molecule has 6 heteroatoms. The van der Waals surface area contributed by atoms with E-state index in [0.29, 0.717) is 17.5 Å². The van der Waals surface area contributed by atoms with Crippen LogP contribution in [-0.4, -0.2) is 30.4 Å². The number of hydrogen-bond donors (Lipinski definition) is 1. The first-order valence-corrected chi connectivity index (χ1v) is 5.42. The molecule has 1 aromatic rings. The average Bonchev–Trinajstić information content (AvgIpc) is 2.60. The summed E-state index contributed by atoms with van der Waals surface area (Å²) < 4.78 is 5.20. The van der Waals surface area contributed by atoms with Gasteiger partial charge in [-0.2, -0.15) is 0 Å². The number of rotatable bonds is 4. The minimum Gasteiger partial charge on any atom is -0.448 e. The lowest BCUT2D eigenvalue weighted by molar-refractivity contribution is -0.134. The first kappa shape index (κ1) is 16.3. The van der Waals surface area contributed by atoms with E-state index in [-0.39, 0.29) is 18.3 Å². The molecule has 0 atom stereocenters. The second-order valence-electron chi connectivity index (χ2n) is 4.38. The number of hydrogen-bond acceptors (Lipinski definition) is 3. The summed E-state index contributed by atoms with van der Waals surface area (Å²) in [5, 5.41) is 3.48. The molecule has 0 saturated carbocycles. The zero-order valence-electron chi connectivity index (χ0n) is 10.4. The van der Waals surface area contributed by atoms with Gasteiger partial charge in [0.05, 0.1) is 12.1 Å². The molecule has 98 valence electrons. The highest BCUT2D eigenvalue weighted by Crippen LogP contribution is 2.14. The molecule has 4 nitrogen and oxygen atoms in total. The molecule has 1 aromatic heterocycles. The minimum atomic E-state index is -0.622. The number of carbonyl (C=O) groups excluding carboxylic acids is 1. The van der Waals surface area contributed by atoms with E-state index in [4.69, 9.17) is 16.0 Å². The van der Waals surface area contributed by atoms with Gasteiger partial charge in [-0.15, -0.1) is 12.4 Å². The summed E-state index contributed by atoms with van der Waals surface area (Å²) >= 11 is 5.65. The fraction of sp³-hybridized carbons (Fsp3) is 0.545. The molecule has 0 spiro atoms. The van der Waals surface area contributed by atoms with E-state index < -0.39 is 5.54 Å². The Kier molecular flexibility index (Phi) is 6.02. The minimum absolute atomic E-state index is 0. The van der Waals surface area contributed by atoms with E-state index in [1.807, 2.05) is 13.8 Å². The lowest BCUT2D eigenvalue weighted by Gasteiger charge is -2.27. The summed E-state index contributed by atoms with van der Waals surface area (Å²) in [7, 11) is 3.46. The van der Waals surface area contributed by atoms with Gasteiger partial charge in [0.15, 0.2) is 5.22 Å². The summed E-state index contributed by atoms with van der Waals surface area (Å²) in [5.74, 6) is 0.731. The number of likely N-dealkylation sites (N-methyl/N-ethyl adjacent to an activating group) is 1. The van der Waals surface area contributed by atoms with E-state index in [1.165, 1.54) is 0 Å². The fourth-order valence-corrected chi connectivity index (χ4v) is 1.55. The van der Waals surface area contributed by atoms with Crippen LogP contribution in [0.2, 0.25) is 5.22 Å². The van der Waals surface area contributed by atoms with Gasteiger partial charge in [-0.05, 0) is 37.6 Å². The van der Waals surface area contributed by atoms with Crippen LogP contribution >= 0.6 is 24.0 Å². The number of nitrogens with zero attached hydrogens (tertiary/aromatic N) is 1. The quantitative estimate of drug-likeness (QED) is 0.921. The summed E-state index contributed by atoms with van der Waals surface area (Å²) in [5.41, 5.74) is -0.622. The Hall–Kier alpha value is -0.710. The van der Waals surface area contributed by atoms with Crippen molar-refractivity contribution < 1.29 is 9.21 Å². The van der Waals surface area contributed by atoms with Gasteiger partial charge >= 0.3 is 0 Å². The number of amides is 1. The van der Waals surface area contributed by atoms with E-state index in [0.717, 1.165) is 0 Å². The Labute approximate surface area is 113 Å². The zero-order chi connectivity index (χ0) is 12.3. The molecule has 0 aromatic carbocycles. The molecule has 0 radical (unpaired) electrons.